The monoisotopic (exact) mass is 545 g/mol. The summed E-state index contributed by atoms with van der Waals surface area (Å²) in [5.41, 5.74) is 10.0. The van der Waals surface area contributed by atoms with Crippen molar-refractivity contribution in [3.8, 4) is 28.8 Å². The average Bonchev–Trinajstić information content (AvgIpc) is 3.08. The van der Waals surface area contributed by atoms with E-state index < -0.39 is 5.92 Å². The summed E-state index contributed by atoms with van der Waals surface area (Å²) in [5.74, 6) is 4.06. The first-order valence-corrected chi connectivity index (χ1v) is 13.9. The first-order chi connectivity index (χ1) is 19.4. The third kappa shape index (κ3) is 5.52. The number of likely N-dealkylation sites (tertiary alicyclic amines) is 1. The maximum Gasteiger partial charge on any atom is 0.260 e. The highest BCUT2D eigenvalue weighted by Gasteiger charge is 2.41. The molecule has 0 amide bonds. The van der Waals surface area contributed by atoms with Gasteiger partial charge in [-0.25, -0.2) is 13.8 Å². The third-order valence-corrected chi connectivity index (χ3v) is 8.09. The number of hydrogen-bond donors (Lipinski definition) is 2. The zero-order valence-electron chi connectivity index (χ0n) is 22.3. The van der Waals surface area contributed by atoms with E-state index in [2.05, 4.69) is 36.8 Å². The normalized spacial score (nSPS) is 22.4. The van der Waals surface area contributed by atoms with E-state index in [1.54, 1.807) is 23.2 Å². The standard InChI is InChI=1S/C30H33F2N7O/c31-30(32)12-3-4-14-37(20-30)15-5-6-21-16-22(11-13-34-21)39-23-9-10-24(39)19-38(18-23)27-17-26(35-36-29(27)33)25-7-1-2-8-28(25)40/h1-2,7-8,11,13,16-17,23-24,40H,3-4,9-10,12,14-15,18-20H2,(H2,33,36). The number of pyridine rings is 1. The van der Waals surface area contributed by atoms with Crippen LogP contribution in [0.5, 0.6) is 5.75 Å². The van der Waals surface area contributed by atoms with Gasteiger partial charge < -0.3 is 20.6 Å². The highest BCUT2D eigenvalue weighted by Crippen LogP contribution is 2.39. The number of alkyl halides is 2. The Bertz CT molecular complexity index is 1420. The summed E-state index contributed by atoms with van der Waals surface area (Å²) in [4.78, 5) is 10.9. The predicted molar refractivity (Wildman–Crippen MR) is 151 cm³/mol. The van der Waals surface area contributed by atoms with Crippen LogP contribution in [0.1, 0.15) is 37.8 Å². The second-order valence-electron chi connectivity index (χ2n) is 10.9. The number of aromatic hydroxyl groups is 1. The van der Waals surface area contributed by atoms with Gasteiger partial charge in [-0.05, 0) is 68.5 Å². The second kappa shape index (κ2) is 10.9. The molecule has 0 saturated carbocycles. The summed E-state index contributed by atoms with van der Waals surface area (Å²) in [6.07, 6.45) is 5.17. The molecule has 3 aliphatic rings. The lowest BCUT2D eigenvalue weighted by molar-refractivity contribution is -0.0270. The molecule has 3 aliphatic heterocycles. The summed E-state index contributed by atoms with van der Waals surface area (Å²) in [5, 5.41) is 18.7. The average molecular weight is 546 g/mol. The fourth-order valence-electron chi connectivity index (χ4n) is 6.22. The molecule has 3 fully saturated rings. The SMILES string of the molecule is Nc1nnc(-c2ccccc2O)cc1N1CC2CCC(C1)N2c1ccnc(C#CCN2CCCCC(F)(F)C2)c1. The number of nitrogen functional groups attached to an aromatic ring is 1. The Morgan fingerprint density at radius 1 is 1.05 bits per heavy atom. The number of fused-ring (bicyclic) bond motifs is 2. The van der Waals surface area contributed by atoms with Crippen LogP contribution in [0.15, 0.2) is 48.7 Å². The lowest BCUT2D eigenvalue weighted by Crippen LogP contribution is -2.54. The molecule has 3 aromatic rings. The summed E-state index contributed by atoms with van der Waals surface area (Å²) < 4.78 is 27.9. The first kappa shape index (κ1) is 26.3. The summed E-state index contributed by atoms with van der Waals surface area (Å²) in [6.45, 7) is 2.29. The quantitative estimate of drug-likeness (QED) is 0.472. The van der Waals surface area contributed by atoms with Gasteiger partial charge in [-0.3, -0.25) is 4.90 Å². The van der Waals surface area contributed by atoms with Gasteiger partial charge in [0.1, 0.15) is 11.4 Å². The maximum absolute atomic E-state index is 13.9. The van der Waals surface area contributed by atoms with Crippen LogP contribution in [0.2, 0.25) is 0 Å². The van der Waals surface area contributed by atoms with Crippen LogP contribution in [-0.2, 0) is 0 Å². The number of benzene rings is 1. The van der Waals surface area contributed by atoms with Crippen molar-refractivity contribution in [1.29, 1.82) is 0 Å². The van der Waals surface area contributed by atoms with Gasteiger partial charge in [-0.15, -0.1) is 10.2 Å². The number of anilines is 3. The zero-order chi connectivity index (χ0) is 27.7. The molecule has 2 unspecified atom stereocenters. The second-order valence-corrected chi connectivity index (χ2v) is 10.9. The van der Waals surface area contributed by atoms with Crippen molar-refractivity contribution in [2.75, 3.05) is 48.3 Å². The van der Waals surface area contributed by atoms with E-state index in [0.29, 0.717) is 42.3 Å². The van der Waals surface area contributed by atoms with E-state index in [-0.39, 0.29) is 30.8 Å². The molecule has 40 heavy (non-hydrogen) atoms. The molecule has 3 N–H and O–H groups in total. The Morgan fingerprint density at radius 3 is 2.65 bits per heavy atom. The molecule has 0 radical (unpaired) electrons. The van der Waals surface area contributed by atoms with Crippen molar-refractivity contribution in [2.45, 2.75) is 50.1 Å². The minimum atomic E-state index is -2.64. The van der Waals surface area contributed by atoms with E-state index in [4.69, 9.17) is 5.73 Å². The molecule has 10 heteroatoms. The number of phenolic OH excluding ortho intramolecular Hbond substituents is 1. The van der Waals surface area contributed by atoms with Crippen molar-refractivity contribution in [1.82, 2.24) is 20.1 Å². The molecular weight excluding hydrogens is 512 g/mol. The fraction of sp³-hybridized carbons (Fsp3) is 0.433. The number of phenols is 1. The predicted octanol–water partition coefficient (Wildman–Crippen LogP) is 4.16. The maximum atomic E-state index is 13.9. The van der Waals surface area contributed by atoms with Crippen LogP contribution in [0, 0.1) is 11.8 Å². The van der Waals surface area contributed by atoms with E-state index in [0.717, 1.165) is 43.7 Å². The molecule has 5 heterocycles. The zero-order valence-corrected chi connectivity index (χ0v) is 22.3. The van der Waals surface area contributed by atoms with Crippen LogP contribution >= 0.6 is 0 Å². The Kier molecular flexibility index (Phi) is 7.15. The number of rotatable bonds is 4. The molecular formula is C30H33F2N7O. The van der Waals surface area contributed by atoms with Crippen molar-refractivity contribution in [3.63, 3.8) is 0 Å². The topological polar surface area (TPSA) is 94.6 Å². The Morgan fingerprint density at radius 2 is 1.85 bits per heavy atom. The number of nitrogens with zero attached hydrogens (tertiary/aromatic N) is 6. The van der Waals surface area contributed by atoms with Crippen LogP contribution in [0.4, 0.5) is 26.0 Å². The van der Waals surface area contributed by atoms with Crippen LogP contribution in [-0.4, -0.2) is 75.9 Å². The van der Waals surface area contributed by atoms with Crippen molar-refractivity contribution >= 4 is 17.2 Å². The van der Waals surface area contributed by atoms with Gasteiger partial charge in [0.25, 0.3) is 5.92 Å². The number of aromatic nitrogens is 3. The smallest absolute Gasteiger partial charge is 0.260 e. The van der Waals surface area contributed by atoms with Crippen LogP contribution in [0.3, 0.4) is 0 Å². The van der Waals surface area contributed by atoms with Crippen molar-refractivity contribution in [2.24, 2.45) is 0 Å². The van der Waals surface area contributed by atoms with E-state index >= 15 is 0 Å². The molecule has 1 aromatic carbocycles. The van der Waals surface area contributed by atoms with Gasteiger partial charge >= 0.3 is 0 Å². The molecule has 8 nitrogen and oxygen atoms in total. The Balaban J connectivity index is 1.16. The molecule has 6 rings (SSSR count). The lowest BCUT2D eigenvalue weighted by atomic mass is 10.1. The molecule has 208 valence electrons. The third-order valence-electron chi connectivity index (χ3n) is 8.09. The van der Waals surface area contributed by atoms with Crippen LogP contribution < -0.4 is 15.5 Å². The molecule has 2 atom stereocenters. The van der Waals surface area contributed by atoms with Gasteiger partial charge in [-0.2, -0.15) is 0 Å². The number of para-hydroxylation sites is 1. The summed E-state index contributed by atoms with van der Waals surface area (Å²) in [6, 6.07) is 13.6. The summed E-state index contributed by atoms with van der Waals surface area (Å²) >= 11 is 0. The molecule has 0 spiro atoms. The fourth-order valence-corrected chi connectivity index (χ4v) is 6.22. The lowest BCUT2D eigenvalue weighted by Gasteiger charge is -2.43. The van der Waals surface area contributed by atoms with Crippen molar-refractivity contribution in [3.05, 3.63) is 54.4 Å². The van der Waals surface area contributed by atoms with E-state index in [1.165, 1.54) is 0 Å². The number of halogens is 2. The molecule has 0 aliphatic carbocycles. The molecule has 2 aromatic heterocycles. The van der Waals surface area contributed by atoms with E-state index in [9.17, 15) is 13.9 Å². The van der Waals surface area contributed by atoms with E-state index in [1.807, 2.05) is 30.3 Å². The summed E-state index contributed by atoms with van der Waals surface area (Å²) in [7, 11) is 0. The largest absolute Gasteiger partial charge is 0.507 e. The number of hydrogen-bond acceptors (Lipinski definition) is 8. The van der Waals surface area contributed by atoms with Gasteiger partial charge in [-0.1, -0.05) is 18.1 Å². The number of nitrogens with two attached hydrogens (primary N) is 1. The highest BCUT2D eigenvalue weighted by molar-refractivity contribution is 5.74. The van der Waals surface area contributed by atoms with Gasteiger partial charge in [0, 0.05) is 49.0 Å². The Labute approximate surface area is 232 Å². The number of piperazine rings is 1. The van der Waals surface area contributed by atoms with Crippen LogP contribution in [0.25, 0.3) is 11.3 Å². The Hall–Kier alpha value is -3.97. The minimum Gasteiger partial charge on any atom is -0.507 e. The minimum absolute atomic E-state index is 0.0435. The first-order valence-electron chi connectivity index (χ1n) is 13.9. The molecule has 3 saturated heterocycles. The van der Waals surface area contributed by atoms with Gasteiger partial charge in [0.2, 0.25) is 0 Å². The van der Waals surface area contributed by atoms with Crippen molar-refractivity contribution < 1.29 is 13.9 Å². The molecule has 2 bridgehead atoms. The van der Waals surface area contributed by atoms with Gasteiger partial charge in [0.05, 0.1) is 24.5 Å². The van der Waals surface area contributed by atoms with Gasteiger partial charge in [0.15, 0.2) is 5.82 Å². The highest BCUT2D eigenvalue weighted by atomic mass is 19.3.